The molecule has 3 aromatic rings. The van der Waals surface area contributed by atoms with Crippen LogP contribution in [-0.4, -0.2) is 38.1 Å². The van der Waals surface area contributed by atoms with Crippen molar-refractivity contribution in [3.63, 3.8) is 0 Å². The Morgan fingerprint density at radius 3 is 2.70 bits per heavy atom. The number of ether oxygens (including phenoxy) is 1. The van der Waals surface area contributed by atoms with Crippen LogP contribution in [0.25, 0.3) is 10.2 Å². The Hall–Kier alpha value is -2.89. The Balaban J connectivity index is 1.38. The van der Waals surface area contributed by atoms with Gasteiger partial charge in [0, 0.05) is 12.1 Å². The van der Waals surface area contributed by atoms with Crippen LogP contribution in [0.4, 0.5) is 5.69 Å². The van der Waals surface area contributed by atoms with Crippen molar-refractivity contribution in [3.8, 4) is 0 Å². The maximum atomic E-state index is 12.8. The van der Waals surface area contributed by atoms with E-state index in [9.17, 15) is 19.7 Å². The third kappa shape index (κ3) is 5.21. The highest BCUT2D eigenvalue weighted by Crippen LogP contribution is 2.45. The molecular formula is C22H19N3O5S3. The van der Waals surface area contributed by atoms with Gasteiger partial charge in [-0.25, -0.2) is 9.78 Å². The van der Waals surface area contributed by atoms with Gasteiger partial charge in [0.1, 0.15) is 6.61 Å². The van der Waals surface area contributed by atoms with Crippen LogP contribution in [0.2, 0.25) is 0 Å². The lowest BCUT2D eigenvalue weighted by atomic mass is 10.0. The fraction of sp³-hybridized carbons (Fsp3) is 0.227. The molecule has 170 valence electrons. The summed E-state index contributed by atoms with van der Waals surface area (Å²) in [6, 6.07) is 12.7. The molecule has 1 fully saturated rings. The van der Waals surface area contributed by atoms with Crippen molar-refractivity contribution >= 4 is 60.7 Å². The zero-order chi connectivity index (χ0) is 23.5. The normalized spacial score (nSPS) is 16.3. The van der Waals surface area contributed by atoms with Crippen molar-refractivity contribution in [2.24, 2.45) is 0 Å². The second-order valence-electron chi connectivity index (χ2n) is 7.37. The third-order valence-electron chi connectivity index (χ3n) is 4.95. The van der Waals surface area contributed by atoms with Gasteiger partial charge in [-0.05, 0) is 53.1 Å². The van der Waals surface area contributed by atoms with Gasteiger partial charge in [0.2, 0.25) is 5.91 Å². The number of carbonyl (C=O) groups excluding carboxylic acids is 2. The molecule has 2 aromatic carbocycles. The molecule has 11 heteroatoms. The van der Waals surface area contributed by atoms with Gasteiger partial charge in [0.15, 0.2) is 10.4 Å². The number of likely N-dealkylation sites (tertiary alicyclic amines) is 1. The van der Waals surface area contributed by atoms with E-state index in [0.717, 1.165) is 14.6 Å². The van der Waals surface area contributed by atoms with Gasteiger partial charge in [-0.1, -0.05) is 29.5 Å². The average molecular weight is 502 g/mol. The number of rotatable bonds is 9. The largest absolute Gasteiger partial charge is 0.459 e. The number of aromatic nitrogens is 1. The summed E-state index contributed by atoms with van der Waals surface area (Å²) in [5.74, 6) is -0.720. The lowest BCUT2D eigenvalue weighted by Gasteiger charge is -2.43. The molecule has 8 nitrogen and oxygen atoms in total. The molecule has 1 aliphatic rings. The van der Waals surface area contributed by atoms with E-state index in [1.807, 2.05) is 24.3 Å². The Labute approximate surface area is 201 Å². The minimum absolute atomic E-state index is 0.0402. The summed E-state index contributed by atoms with van der Waals surface area (Å²) < 4.78 is 7.39. The smallest absolute Gasteiger partial charge is 0.333 e. The summed E-state index contributed by atoms with van der Waals surface area (Å²) in [4.78, 5) is 41.6. The number of β-lactam (4-membered cyclic amide) rings is 1. The third-order valence-corrected chi connectivity index (χ3v) is 8.97. The molecule has 0 bridgehead atoms. The number of carbonyl (C=O) groups is 2. The van der Waals surface area contributed by atoms with Crippen LogP contribution < -0.4 is 0 Å². The van der Waals surface area contributed by atoms with E-state index in [1.165, 1.54) is 50.8 Å². The average Bonchev–Trinajstić information content (AvgIpc) is 3.21. The van der Waals surface area contributed by atoms with Gasteiger partial charge in [-0.15, -0.1) is 11.3 Å². The van der Waals surface area contributed by atoms with Crippen LogP contribution in [0.5, 0.6) is 0 Å². The molecule has 33 heavy (non-hydrogen) atoms. The van der Waals surface area contributed by atoms with Crippen LogP contribution in [0.3, 0.4) is 0 Å². The van der Waals surface area contributed by atoms with Crippen LogP contribution >= 0.6 is 32.9 Å². The number of para-hydroxylation sites is 1. The number of non-ortho nitro benzene ring substituents is 1. The first-order valence-corrected chi connectivity index (χ1v) is 12.9. The lowest BCUT2D eigenvalue weighted by molar-refractivity contribution is -0.384. The monoisotopic (exact) mass is 501 g/mol. The number of nitrogens with zero attached hydrogens (tertiary/aromatic N) is 3. The van der Waals surface area contributed by atoms with E-state index in [2.05, 4.69) is 11.6 Å². The van der Waals surface area contributed by atoms with Crippen molar-refractivity contribution in [3.05, 3.63) is 76.4 Å². The van der Waals surface area contributed by atoms with Crippen LogP contribution in [0.15, 0.2) is 65.0 Å². The number of nitro groups is 1. The predicted octanol–water partition coefficient (Wildman–Crippen LogP) is 5.19. The molecule has 1 saturated heterocycles. The molecule has 0 saturated carbocycles. The van der Waals surface area contributed by atoms with Crippen molar-refractivity contribution in [1.29, 1.82) is 0 Å². The molecule has 1 amide bonds. The predicted molar refractivity (Wildman–Crippen MR) is 130 cm³/mol. The van der Waals surface area contributed by atoms with E-state index < -0.39 is 16.9 Å². The molecule has 0 spiro atoms. The van der Waals surface area contributed by atoms with Gasteiger partial charge in [0.25, 0.3) is 5.69 Å². The number of nitro benzene ring substituents is 1. The molecule has 1 aliphatic heterocycles. The molecule has 0 radical (unpaired) electrons. The summed E-state index contributed by atoms with van der Waals surface area (Å²) >= 11 is 1.58. The second kappa shape index (κ2) is 9.94. The molecule has 4 rings (SSSR count). The highest BCUT2D eigenvalue weighted by atomic mass is 33.1. The second-order valence-corrected chi connectivity index (χ2v) is 11.0. The first-order valence-electron chi connectivity index (χ1n) is 9.89. The first-order chi connectivity index (χ1) is 15.8. The lowest BCUT2D eigenvalue weighted by Crippen LogP contribution is -2.58. The maximum absolute atomic E-state index is 12.8. The Morgan fingerprint density at radius 2 is 2.06 bits per heavy atom. The van der Waals surface area contributed by atoms with Crippen LogP contribution in [0.1, 0.15) is 18.9 Å². The number of benzene rings is 2. The zero-order valence-corrected chi connectivity index (χ0v) is 20.0. The number of hydrogen-bond donors (Lipinski definition) is 0. The molecule has 2 unspecified atom stereocenters. The van der Waals surface area contributed by atoms with E-state index in [0.29, 0.717) is 17.6 Å². The summed E-state index contributed by atoms with van der Waals surface area (Å²) in [5.41, 5.74) is 2.01. The summed E-state index contributed by atoms with van der Waals surface area (Å²) in [6.45, 7) is 5.52. The van der Waals surface area contributed by atoms with Gasteiger partial charge in [-0.3, -0.25) is 14.9 Å². The number of amides is 1. The number of esters is 1. The Kier molecular flexibility index (Phi) is 7.01. The SMILES string of the molecule is C=C(C)C(C(=O)OCc1ccc([N+](=O)[O-])cc1)N1C(=O)CC1SSc1nc2ccccc2s1. The quantitative estimate of drug-likeness (QED) is 0.0985. The topological polar surface area (TPSA) is 103 Å². The van der Waals surface area contributed by atoms with Gasteiger partial charge >= 0.3 is 5.97 Å². The van der Waals surface area contributed by atoms with Gasteiger partial charge in [0.05, 0.1) is 26.9 Å². The first kappa shape index (κ1) is 23.3. The van der Waals surface area contributed by atoms with Crippen molar-refractivity contribution in [1.82, 2.24) is 9.88 Å². The highest BCUT2D eigenvalue weighted by molar-refractivity contribution is 8.77. The Morgan fingerprint density at radius 1 is 1.33 bits per heavy atom. The molecule has 2 heterocycles. The van der Waals surface area contributed by atoms with Crippen molar-refractivity contribution < 1.29 is 19.2 Å². The molecule has 1 aromatic heterocycles. The van der Waals surface area contributed by atoms with E-state index in [-0.39, 0.29) is 23.6 Å². The summed E-state index contributed by atoms with van der Waals surface area (Å²) in [7, 11) is 2.97. The highest BCUT2D eigenvalue weighted by Gasteiger charge is 2.45. The number of fused-ring (bicyclic) bond motifs is 1. The molecular weight excluding hydrogens is 482 g/mol. The molecule has 2 atom stereocenters. The minimum atomic E-state index is -0.891. The summed E-state index contributed by atoms with van der Waals surface area (Å²) in [5, 5.41) is 10.6. The van der Waals surface area contributed by atoms with E-state index >= 15 is 0 Å². The van der Waals surface area contributed by atoms with Crippen LogP contribution in [0, 0.1) is 10.1 Å². The van der Waals surface area contributed by atoms with E-state index in [1.54, 1.807) is 18.3 Å². The number of thiazole rings is 1. The van der Waals surface area contributed by atoms with E-state index in [4.69, 9.17) is 4.74 Å². The van der Waals surface area contributed by atoms with Crippen LogP contribution in [-0.2, 0) is 20.9 Å². The summed E-state index contributed by atoms with van der Waals surface area (Å²) in [6.07, 6.45) is 0.321. The fourth-order valence-corrected chi connectivity index (χ4v) is 7.08. The minimum Gasteiger partial charge on any atom is -0.459 e. The molecule has 0 aliphatic carbocycles. The van der Waals surface area contributed by atoms with Crippen molar-refractivity contribution in [2.45, 2.75) is 35.7 Å². The zero-order valence-electron chi connectivity index (χ0n) is 17.5. The number of hydrogen-bond acceptors (Lipinski definition) is 9. The van der Waals surface area contributed by atoms with Gasteiger partial charge < -0.3 is 9.64 Å². The van der Waals surface area contributed by atoms with Gasteiger partial charge in [-0.2, -0.15) is 0 Å². The van der Waals surface area contributed by atoms with Crippen molar-refractivity contribution in [2.75, 3.05) is 0 Å². The maximum Gasteiger partial charge on any atom is 0.333 e. The molecule has 0 N–H and O–H groups in total. The standard InChI is InChI=1S/C22H19N3O5S3/c1-13(2)20(21(27)30-12-14-7-9-15(10-8-14)25(28)29)24-18(26)11-19(24)32-33-22-23-16-5-3-4-6-17(16)31-22/h3-10,19-20H,1,11-12H2,2H3. The fourth-order valence-electron chi connectivity index (χ4n) is 3.27. The Bertz CT molecular complexity index is 1190.